The van der Waals surface area contributed by atoms with Crippen molar-refractivity contribution in [2.45, 2.75) is 18.1 Å². The van der Waals surface area contributed by atoms with Gasteiger partial charge in [0.2, 0.25) is 5.91 Å². The lowest BCUT2D eigenvalue weighted by atomic mass is 9.92. The van der Waals surface area contributed by atoms with Crippen molar-refractivity contribution in [3.05, 3.63) is 69.6 Å². The fourth-order valence-electron chi connectivity index (χ4n) is 2.45. The molecule has 0 saturated carbocycles. The Bertz CT molecular complexity index is 793. The highest BCUT2D eigenvalue weighted by Gasteiger charge is 2.31. The molecule has 1 aliphatic heterocycles. The summed E-state index contributed by atoms with van der Waals surface area (Å²) in [7, 11) is 0. The predicted molar refractivity (Wildman–Crippen MR) is 89.6 cm³/mol. The zero-order chi connectivity index (χ0) is 16.2. The molecule has 6 heteroatoms. The Morgan fingerprint density at radius 2 is 2.26 bits per heavy atom. The third kappa shape index (κ3) is 3.61. The first-order chi connectivity index (χ1) is 11.2. The van der Waals surface area contributed by atoms with Crippen LogP contribution in [0.2, 0.25) is 5.02 Å². The number of hydrogen-bond donors (Lipinski definition) is 1. The number of halogens is 1. The van der Waals surface area contributed by atoms with Crippen molar-refractivity contribution in [1.82, 2.24) is 5.32 Å². The molecule has 23 heavy (non-hydrogen) atoms. The largest absolute Gasteiger partial charge is 0.469 e. The van der Waals surface area contributed by atoms with E-state index < -0.39 is 0 Å². The zero-order valence-corrected chi connectivity index (χ0v) is 13.7. The molecule has 0 saturated heterocycles. The molecule has 0 aliphatic carbocycles. The smallest absolute Gasteiger partial charge is 0.225 e. The van der Waals surface area contributed by atoms with Crippen molar-refractivity contribution in [2.24, 2.45) is 0 Å². The quantitative estimate of drug-likeness (QED) is 0.902. The van der Waals surface area contributed by atoms with E-state index in [9.17, 15) is 10.1 Å². The first-order valence-corrected chi connectivity index (χ1v) is 8.38. The van der Waals surface area contributed by atoms with Crippen molar-refractivity contribution in [2.75, 3.05) is 0 Å². The summed E-state index contributed by atoms with van der Waals surface area (Å²) < 4.78 is 5.39. The van der Waals surface area contributed by atoms with E-state index in [1.54, 1.807) is 18.4 Å². The first-order valence-electron chi connectivity index (χ1n) is 7.02. The van der Waals surface area contributed by atoms with Gasteiger partial charge in [0.05, 0.1) is 28.9 Å². The van der Waals surface area contributed by atoms with Gasteiger partial charge in [-0.25, -0.2) is 0 Å². The second kappa shape index (κ2) is 6.95. The minimum absolute atomic E-state index is 0.112. The first kappa shape index (κ1) is 15.7. The molecular formula is C17H13ClN2O2S. The second-order valence-corrected chi connectivity index (χ2v) is 6.52. The Kier molecular flexibility index (Phi) is 4.75. The van der Waals surface area contributed by atoms with Gasteiger partial charge in [0, 0.05) is 17.2 Å². The fraction of sp³-hybridized carbons (Fsp3) is 0.176. The number of nitrogens with zero attached hydrogens (tertiary/aromatic N) is 1. The van der Waals surface area contributed by atoms with Crippen LogP contribution in [0.15, 0.2) is 57.7 Å². The second-order valence-electron chi connectivity index (χ2n) is 5.09. The molecule has 4 nitrogen and oxygen atoms in total. The summed E-state index contributed by atoms with van der Waals surface area (Å²) >= 11 is 7.40. The Labute approximate surface area is 143 Å². The number of nitriles is 1. The van der Waals surface area contributed by atoms with E-state index in [-0.39, 0.29) is 18.2 Å². The van der Waals surface area contributed by atoms with Gasteiger partial charge in [0.1, 0.15) is 5.76 Å². The molecule has 1 amide bonds. The molecule has 1 atom stereocenters. The lowest BCUT2D eigenvalue weighted by Crippen LogP contribution is -2.30. The van der Waals surface area contributed by atoms with Gasteiger partial charge >= 0.3 is 0 Å². The molecule has 0 radical (unpaired) electrons. The molecule has 2 aromatic rings. The molecule has 0 spiro atoms. The van der Waals surface area contributed by atoms with Crippen LogP contribution in [0.1, 0.15) is 23.7 Å². The number of hydrogen-bond acceptors (Lipinski definition) is 4. The van der Waals surface area contributed by atoms with E-state index in [0.717, 1.165) is 5.56 Å². The molecular weight excluding hydrogens is 332 g/mol. The Balaban J connectivity index is 1.85. The van der Waals surface area contributed by atoms with E-state index in [2.05, 4.69) is 11.4 Å². The van der Waals surface area contributed by atoms with Crippen LogP contribution in [0.25, 0.3) is 0 Å². The maximum Gasteiger partial charge on any atom is 0.225 e. The van der Waals surface area contributed by atoms with Crippen molar-refractivity contribution in [1.29, 1.82) is 5.26 Å². The summed E-state index contributed by atoms with van der Waals surface area (Å²) in [6.07, 6.45) is 1.77. The fourth-order valence-corrected chi connectivity index (χ4v) is 3.68. The molecule has 1 aromatic heterocycles. The normalized spacial score (nSPS) is 17.7. The van der Waals surface area contributed by atoms with Gasteiger partial charge < -0.3 is 9.73 Å². The van der Waals surface area contributed by atoms with Gasteiger partial charge in [0.25, 0.3) is 0 Å². The van der Waals surface area contributed by atoms with Gasteiger partial charge in [-0.1, -0.05) is 23.7 Å². The van der Waals surface area contributed by atoms with E-state index in [4.69, 9.17) is 16.0 Å². The standard InChI is InChI=1S/C17H13ClN2O2S/c18-12-4-1-3-11(7-12)10-23-17-14(9-19)13(8-16(21)20-17)15-5-2-6-22-15/h1-7,13H,8,10H2,(H,20,21)/t13-/m1/s1. The molecule has 1 N–H and O–H groups in total. The topological polar surface area (TPSA) is 66.0 Å². The van der Waals surface area contributed by atoms with Crippen LogP contribution in [0, 0.1) is 11.3 Å². The molecule has 0 bridgehead atoms. The molecule has 1 aromatic carbocycles. The number of nitrogens with one attached hydrogen (secondary N) is 1. The van der Waals surface area contributed by atoms with Gasteiger partial charge in [0.15, 0.2) is 0 Å². The van der Waals surface area contributed by atoms with E-state index >= 15 is 0 Å². The lowest BCUT2D eigenvalue weighted by molar-refractivity contribution is -0.120. The van der Waals surface area contributed by atoms with Crippen LogP contribution in [0.4, 0.5) is 0 Å². The van der Waals surface area contributed by atoms with Crippen molar-refractivity contribution < 1.29 is 9.21 Å². The third-order valence-corrected chi connectivity index (χ3v) is 4.84. The van der Waals surface area contributed by atoms with E-state index in [1.165, 1.54) is 11.8 Å². The number of thioether (sulfide) groups is 1. The number of furan rings is 1. The number of carbonyl (C=O) groups excluding carboxylic acids is 1. The van der Waals surface area contributed by atoms with Crippen LogP contribution in [-0.4, -0.2) is 5.91 Å². The van der Waals surface area contributed by atoms with E-state index in [1.807, 2.05) is 24.3 Å². The average molecular weight is 345 g/mol. The highest BCUT2D eigenvalue weighted by Crippen LogP contribution is 2.37. The van der Waals surface area contributed by atoms with Crippen molar-refractivity contribution >= 4 is 29.3 Å². The van der Waals surface area contributed by atoms with Crippen molar-refractivity contribution in [3.63, 3.8) is 0 Å². The average Bonchev–Trinajstić information content (AvgIpc) is 3.06. The zero-order valence-electron chi connectivity index (χ0n) is 12.1. The minimum atomic E-state index is -0.328. The van der Waals surface area contributed by atoms with Crippen LogP contribution < -0.4 is 5.32 Å². The number of carbonyl (C=O) groups is 1. The summed E-state index contributed by atoms with van der Waals surface area (Å²) in [6, 6.07) is 13.3. The predicted octanol–water partition coefficient (Wildman–Crippen LogP) is 4.21. The van der Waals surface area contributed by atoms with Gasteiger partial charge in [-0.2, -0.15) is 5.26 Å². The highest BCUT2D eigenvalue weighted by molar-refractivity contribution is 8.02. The van der Waals surface area contributed by atoms with Crippen LogP contribution in [0.5, 0.6) is 0 Å². The molecule has 2 heterocycles. The summed E-state index contributed by atoms with van der Waals surface area (Å²) in [5.74, 6) is 0.813. The minimum Gasteiger partial charge on any atom is -0.469 e. The summed E-state index contributed by atoms with van der Waals surface area (Å²) in [6.45, 7) is 0. The van der Waals surface area contributed by atoms with E-state index in [0.29, 0.717) is 27.1 Å². The summed E-state index contributed by atoms with van der Waals surface area (Å²) in [5.41, 5.74) is 1.56. The SMILES string of the molecule is N#CC1=C(SCc2cccc(Cl)c2)NC(=O)C[C@H]1c1ccco1. The summed E-state index contributed by atoms with van der Waals surface area (Å²) in [4.78, 5) is 12.0. The maximum absolute atomic E-state index is 12.0. The number of amides is 1. The van der Waals surface area contributed by atoms with Crippen molar-refractivity contribution in [3.8, 4) is 6.07 Å². The van der Waals surface area contributed by atoms with Crippen LogP contribution in [-0.2, 0) is 10.5 Å². The highest BCUT2D eigenvalue weighted by atomic mass is 35.5. The number of benzene rings is 1. The maximum atomic E-state index is 12.0. The third-order valence-electron chi connectivity index (χ3n) is 3.51. The molecule has 116 valence electrons. The van der Waals surface area contributed by atoms with Crippen LogP contribution >= 0.6 is 23.4 Å². The van der Waals surface area contributed by atoms with Crippen LogP contribution in [0.3, 0.4) is 0 Å². The monoisotopic (exact) mass is 344 g/mol. The Hall–Kier alpha value is -2.16. The molecule has 0 fully saturated rings. The van der Waals surface area contributed by atoms with Gasteiger partial charge in [-0.15, -0.1) is 11.8 Å². The Morgan fingerprint density at radius 3 is 2.96 bits per heavy atom. The molecule has 3 rings (SSSR count). The molecule has 0 unspecified atom stereocenters. The summed E-state index contributed by atoms with van der Waals surface area (Å²) in [5, 5.41) is 13.6. The molecule has 1 aliphatic rings. The Morgan fingerprint density at radius 1 is 1.39 bits per heavy atom. The number of rotatable bonds is 4. The van der Waals surface area contributed by atoms with Gasteiger partial charge in [-0.3, -0.25) is 4.79 Å². The lowest BCUT2D eigenvalue weighted by Gasteiger charge is -2.23. The van der Waals surface area contributed by atoms with Gasteiger partial charge in [-0.05, 0) is 29.8 Å². The number of allylic oxidation sites excluding steroid dienone is 1.